The first-order valence-electron chi connectivity index (χ1n) is 21.2. The summed E-state index contributed by atoms with van der Waals surface area (Å²) in [5.74, 6) is 0. The van der Waals surface area contributed by atoms with Crippen molar-refractivity contribution in [3.8, 4) is 66.8 Å². The Morgan fingerprint density at radius 3 is 1.35 bits per heavy atom. The number of nitrogens with zero attached hydrogens (tertiary/aromatic N) is 1. The molecule has 0 aliphatic heterocycles. The third kappa shape index (κ3) is 7.07. The van der Waals surface area contributed by atoms with Crippen LogP contribution in [0.15, 0.2) is 249 Å². The molecule has 1 nitrogen and oxygen atoms in total. The second-order valence-corrected chi connectivity index (χ2v) is 16.7. The molecule has 292 valence electrons. The molecule has 62 heavy (non-hydrogen) atoms. The first-order chi connectivity index (χ1) is 30.7. The van der Waals surface area contributed by atoms with Crippen LogP contribution in [0.4, 0.5) is 17.1 Å². The lowest BCUT2D eigenvalue weighted by Crippen LogP contribution is -2.11. The highest BCUT2D eigenvalue weighted by Gasteiger charge is 2.21. The van der Waals surface area contributed by atoms with Gasteiger partial charge in [-0.15, -0.1) is 11.3 Å². The molecule has 0 aliphatic rings. The van der Waals surface area contributed by atoms with Gasteiger partial charge in [-0.3, -0.25) is 0 Å². The molecule has 0 aliphatic carbocycles. The molecule has 0 spiro atoms. The minimum Gasteiger partial charge on any atom is -0.310 e. The average Bonchev–Trinajstić information content (AvgIpc) is 3.75. The molecule has 0 unspecified atom stereocenters. The molecule has 0 amide bonds. The average molecular weight is 808 g/mol. The highest BCUT2D eigenvalue weighted by atomic mass is 32.1. The van der Waals surface area contributed by atoms with Crippen molar-refractivity contribution >= 4 is 48.6 Å². The lowest BCUT2D eigenvalue weighted by atomic mass is 9.89. The molecular weight excluding hydrogens is 767 g/mol. The molecule has 11 rings (SSSR count). The van der Waals surface area contributed by atoms with Crippen LogP contribution in [-0.2, 0) is 0 Å². The fourth-order valence-electron chi connectivity index (χ4n) is 8.84. The van der Waals surface area contributed by atoms with E-state index in [-0.39, 0.29) is 0 Å². The maximum absolute atomic E-state index is 2.42. The van der Waals surface area contributed by atoms with E-state index in [1.54, 1.807) is 0 Å². The van der Waals surface area contributed by atoms with E-state index in [2.05, 4.69) is 254 Å². The van der Waals surface area contributed by atoms with Gasteiger partial charge >= 0.3 is 0 Å². The Hall–Kier alpha value is -7.78. The normalized spacial score (nSPS) is 11.2. The molecule has 0 bridgehead atoms. The van der Waals surface area contributed by atoms with Gasteiger partial charge in [0.15, 0.2) is 0 Å². The summed E-state index contributed by atoms with van der Waals surface area (Å²) in [5.41, 5.74) is 17.6. The van der Waals surface area contributed by atoms with Crippen LogP contribution in [0.3, 0.4) is 0 Å². The standard InChI is InChI=1S/C60H41NS/c1-5-16-42(17-6-1)44-28-34-50(35-29-44)61(51-36-30-47(31-37-51)53-25-15-26-55-54-24-13-14-27-59(54)62-60(53)55)58-39-33-49(41-57(58)46-22-11-4-12-23-46)52-38-32-48(43-18-7-2-8-19-43)40-56(52)45-20-9-3-10-21-45/h1-41H. The van der Waals surface area contributed by atoms with Crippen molar-refractivity contribution in [1.29, 1.82) is 0 Å². The molecule has 11 aromatic rings. The lowest BCUT2D eigenvalue weighted by molar-refractivity contribution is 1.28. The minimum absolute atomic E-state index is 1.09. The Kier molecular flexibility index (Phi) is 9.82. The Balaban J connectivity index is 1.08. The molecule has 0 N–H and O–H groups in total. The number of hydrogen-bond acceptors (Lipinski definition) is 2. The molecule has 1 heterocycles. The van der Waals surface area contributed by atoms with E-state index in [1.807, 2.05) is 11.3 Å². The summed E-state index contributed by atoms with van der Waals surface area (Å²) in [5, 5.41) is 2.63. The van der Waals surface area contributed by atoms with E-state index >= 15 is 0 Å². The number of fused-ring (bicyclic) bond motifs is 3. The fraction of sp³-hybridized carbons (Fsp3) is 0. The first kappa shape index (κ1) is 37.2. The van der Waals surface area contributed by atoms with Gasteiger partial charge in [-0.2, -0.15) is 0 Å². The molecule has 10 aromatic carbocycles. The van der Waals surface area contributed by atoms with Crippen LogP contribution in [0.1, 0.15) is 0 Å². The van der Waals surface area contributed by atoms with Crippen LogP contribution >= 0.6 is 11.3 Å². The topological polar surface area (TPSA) is 3.24 Å². The van der Waals surface area contributed by atoms with Crippen LogP contribution in [0, 0.1) is 0 Å². The zero-order valence-corrected chi connectivity index (χ0v) is 34.8. The van der Waals surface area contributed by atoms with Gasteiger partial charge in [0.05, 0.1) is 5.69 Å². The second kappa shape index (κ2) is 16.3. The Morgan fingerprint density at radius 1 is 0.258 bits per heavy atom. The quantitative estimate of drug-likeness (QED) is 0.140. The van der Waals surface area contributed by atoms with Gasteiger partial charge in [0.1, 0.15) is 0 Å². The molecule has 0 fully saturated rings. The Morgan fingerprint density at radius 2 is 0.710 bits per heavy atom. The number of rotatable bonds is 9. The smallest absolute Gasteiger partial charge is 0.0540 e. The van der Waals surface area contributed by atoms with Crippen molar-refractivity contribution in [2.45, 2.75) is 0 Å². The molecule has 0 saturated heterocycles. The summed E-state index contributed by atoms with van der Waals surface area (Å²) < 4.78 is 2.64. The number of benzene rings is 10. The van der Waals surface area contributed by atoms with Gasteiger partial charge in [-0.25, -0.2) is 0 Å². The van der Waals surface area contributed by atoms with Crippen molar-refractivity contribution in [3.05, 3.63) is 249 Å². The van der Waals surface area contributed by atoms with Crippen LogP contribution in [0.5, 0.6) is 0 Å². The van der Waals surface area contributed by atoms with E-state index in [9.17, 15) is 0 Å². The fourth-order valence-corrected chi connectivity index (χ4v) is 10.1. The molecule has 2 heteroatoms. The van der Waals surface area contributed by atoms with Crippen LogP contribution < -0.4 is 4.90 Å². The number of anilines is 3. The van der Waals surface area contributed by atoms with Crippen molar-refractivity contribution in [3.63, 3.8) is 0 Å². The summed E-state index contributed by atoms with van der Waals surface area (Å²) in [6.07, 6.45) is 0. The van der Waals surface area contributed by atoms with Crippen LogP contribution in [0.25, 0.3) is 86.9 Å². The van der Waals surface area contributed by atoms with E-state index < -0.39 is 0 Å². The monoisotopic (exact) mass is 807 g/mol. The molecule has 1 aromatic heterocycles. The zero-order valence-electron chi connectivity index (χ0n) is 34.0. The van der Waals surface area contributed by atoms with Gasteiger partial charge in [-0.05, 0) is 110 Å². The van der Waals surface area contributed by atoms with Crippen molar-refractivity contribution in [2.24, 2.45) is 0 Å². The Labute approximate surface area is 367 Å². The van der Waals surface area contributed by atoms with Gasteiger partial charge in [0.2, 0.25) is 0 Å². The van der Waals surface area contributed by atoms with E-state index in [4.69, 9.17) is 0 Å². The van der Waals surface area contributed by atoms with E-state index in [0.29, 0.717) is 0 Å². The van der Waals surface area contributed by atoms with Crippen LogP contribution in [-0.4, -0.2) is 0 Å². The van der Waals surface area contributed by atoms with Crippen molar-refractivity contribution in [2.75, 3.05) is 4.90 Å². The van der Waals surface area contributed by atoms with Crippen molar-refractivity contribution in [1.82, 2.24) is 0 Å². The molecular formula is C60H41NS. The van der Waals surface area contributed by atoms with Gasteiger partial charge in [-0.1, -0.05) is 200 Å². The minimum atomic E-state index is 1.09. The summed E-state index contributed by atoms with van der Waals surface area (Å²) in [7, 11) is 0. The highest BCUT2D eigenvalue weighted by Crippen LogP contribution is 2.46. The maximum Gasteiger partial charge on any atom is 0.0540 e. The van der Waals surface area contributed by atoms with E-state index in [0.717, 1.165) is 33.8 Å². The number of hydrogen-bond donors (Lipinski definition) is 0. The summed E-state index contributed by atoms with van der Waals surface area (Å²) >= 11 is 1.87. The molecule has 0 atom stereocenters. The van der Waals surface area contributed by atoms with Crippen molar-refractivity contribution < 1.29 is 0 Å². The van der Waals surface area contributed by atoms with E-state index in [1.165, 1.54) is 70.2 Å². The largest absolute Gasteiger partial charge is 0.310 e. The third-order valence-electron chi connectivity index (χ3n) is 11.9. The summed E-state index contributed by atoms with van der Waals surface area (Å²) in [4.78, 5) is 2.42. The number of thiophene rings is 1. The predicted octanol–water partition coefficient (Wildman–Crippen LogP) is 17.5. The SMILES string of the molecule is c1ccc(-c2ccc(N(c3ccc(-c4cccc5c4sc4ccccc45)cc3)c3ccc(-c4ccc(-c5ccccc5)cc4-c4ccccc4)cc3-c3ccccc3)cc2)cc1. The molecule has 0 radical (unpaired) electrons. The second-order valence-electron chi connectivity index (χ2n) is 15.7. The summed E-state index contributed by atoms with van der Waals surface area (Å²) in [6, 6.07) is 90.3. The lowest BCUT2D eigenvalue weighted by Gasteiger charge is -2.29. The van der Waals surface area contributed by atoms with Gasteiger partial charge in [0.25, 0.3) is 0 Å². The highest BCUT2D eigenvalue weighted by molar-refractivity contribution is 7.26. The first-order valence-corrected chi connectivity index (χ1v) is 22.0. The zero-order chi connectivity index (χ0) is 41.2. The maximum atomic E-state index is 2.42. The van der Waals surface area contributed by atoms with Crippen LogP contribution in [0.2, 0.25) is 0 Å². The van der Waals surface area contributed by atoms with Gasteiger partial charge in [0, 0.05) is 37.1 Å². The molecule has 0 saturated carbocycles. The summed E-state index contributed by atoms with van der Waals surface area (Å²) in [6.45, 7) is 0. The van der Waals surface area contributed by atoms with Gasteiger partial charge < -0.3 is 4.90 Å². The Bertz CT molecular complexity index is 3300. The third-order valence-corrected chi connectivity index (χ3v) is 13.1. The predicted molar refractivity (Wildman–Crippen MR) is 267 cm³/mol.